The molecule has 0 amide bonds. The highest BCUT2D eigenvalue weighted by molar-refractivity contribution is 7.90. The van der Waals surface area contributed by atoms with E-state index in [1.54, 1.807) is 0 Å². The summed E-state index contributed by atoms with van der Waals surface area (Å²) >= 11 is 0. The second-order valence-corrected chi connectivity index (χ2v) is 7.26. The fourth-order valence-electron chi connectivity index (χ4n) is 0.812. The molecule has 0 heterocycles. The van der Waals surface area contributed by atoms with Gasteiger partial charge in [-0.05, 0) is 13.8 Å². The van der Waals surface area contributed by atoms with Gasteiger partial charge in [0.15, 0.2) is 0 Å². The molecule has 0 aromatic carbocycles. The number of hydrogen-bond acceptors (Lipinski definition) is 5. The molecule has 0 spiro atoms. The molecule has 0 rings (SSSR count). The lowest BCUT2D eigenvalue weighted by Crippen LogP contribution is -2.42. The highest BCUT2D eigenvalue weighted by Gasteiger charge is 2.19. The fraction of sp³-hybridized carbons (Fsp3) is 0.857. The highest BCUT2D eigenvalue weighted by atomic mass is 32.2. The third-order valence-corrected chi connectivity index (χ3v) is 4.66. The van der Waals surface area contributed by atoms with Gasteiger partial charge in [0, 0.05) is 6.54 Å². The number of carbonyl (C=O) groups is 1. The van der Waals surface area contributed by atoms with Crippen molar-refractivity contribution in [1.82, 2.24) is 9.44 Å². The predicted molar refractivity (Wildman–Crippen MR) is 61.5 cm³/mol. The van der Waals surface area contributed by atoms with E-state index in [9.17, 15) is 21.6 Å². The van der Waals surface area contributed by atoms with Gasteiger partial charge in [-0.1, -0.05) is 0 Å². The standard InChI is InChI=1S/C7H16N2O6S2/c1-3-16(12,13)8-4-5-17(14,15)9-6(2)7(10)11/h6,8-9H,3-5H2,1-2H3,(H,10,11). The SMILES string of the molecule is CCS(=O)(=O)NCCS(=O)(=O)NC(C)C(=O)O. The van der Waals surface area contributed by atoms with Gasteiger partial charge in [-0.3, -0.25) is 4.79 Å². The fourth-order valence-corrected chi connectivity index (χ4v) is 2.69. The zero-order valence-corrected chi connectivity index (χ0v) is 11.1. The topological polar surface area (TPSA) is 130 Å². The van der Waals surface area contributed by atoms with Crippen LogP contribution in [0.2, 0.25) is 0 Å². The Labute approximate surface area is 101 Å². The quantitative estimate of drug-likeness (QED) is 0.489. The van der Waals surface area contributed by atoms with Crippen LogP contribution in [-0.2, 0) is 24.8 Å². The van der Waals surface area contributed by atoms with Crippen LogP contribution in [0.25, 0.3) is 0 Å². The van der Waals surface area contributed by atoms with Gasteiger partial charge in [-0.25, -0.2) is 26.3 Å². The lowest BCUT2D eigenvalue weighted by Gasteiger charge is -2.10. The predicted octanol–water partition coefficient (Wildman–Crippen LogP) is -1.68. The maximum absolute atomic E-state index is 11.3. The van der Waals surface area contributed by atoms with E-state index in [4.69, 9.17) is 5.11 Å². The molecule has 102 valence electrons. The largest absolute Gasteiger partial charge is 0.480 e. The third kappa shape index (κ3) is 7.26. The zero-order valence-electron chi connectivity index (χ0n) is 9.50. The maximum atomic E-state index is 11.3. The first kappa shape index (κ1) is 16.3. The van der Waals surface area contributed by atoms with Crippen LogP contribution in [0.5, 0.6) is 0 Å². The molecule has 0 aliphatic rings. The van der Waals surface area contributed by atoms with E-state index in [0.717, 1.165) is 0 Å². The minimum atomic E-state index is -3.81. The van der Waals surface area contributed by atoms with Crippen LogP contribution in [0.1, 0.15) is 13.8 Å². The van der Waals surface area contributed by atoms with E-state index in [1.807, 2.05) is 4.72 Å². The van der Waals surface area contributed by atoms with Crippen LogP contribution >= 0.6 is 0 Å². The Morgan fingerprint density at radius 2 is 1.76 bits per heavy atom. The summed E-state index contributed by atoms with van der Waals surface area (Å²) in [6.45, 7) is 2.30. The van der Waals surface area contributed by atoms with Gasteiger partial charge >= 0.3 is 5.97 Å². The van der Waals surface area contributed by atoms with Crippen molar-refractivity contribution >= 4 is 26.0 Å². The first-order valence-corrected chi connectivity index (χ1v) is 8.10. The first-order chi connectivity index (χ1) is 7.59. The number of carboxylic acid groups (broad SMARTS) is 1. The van der Waals surface area contributed by atoms with Crippen molar-refractivity contribution in [1.29, 1.82) is 0 Å². The van der Waals surface area contributed by atoms with Gasteiger partial charge < -0.3 is 5.11 Å². The third-order valence-electron chi connectivity index (χ3n) is 1.80. The summed E-state index contributed by atoms with van der Waals surface area (Å²) in [5.74, 6) is -1.96. The van der Waals surface area contributed by atoms with Crippen molar-refractivity contribution in [2.24, 2.45) is 0 Å². The number of aliphatic carboxylic acids is 1. The van der Waals surface area contributed by atoms with E-state index in [0.29, 0.717) is 0 Å². The van der Waals surface area contributed by atoms with E-state index in [2.05, 4.69) is 4.72 Å². The second-order valence-electron chi connectivity index (χ2n) is 3.29. The summed E-state index contributed by atoms with van der Waals surface area (Å²) in [5.41, 5.74) is 0. The van der Waals surface area contributed by atoms with E-state index in [-0.39, 0.29) is 12.3 Å². The summed E-state index contributed by atoms with van der Waals surface area (Å²) in [4.78, 5) is 10.4. The van der Waals surface area contributed by atoms with Crippen molar-refractivity contribution in [2.75, 3.05) is 18.1 Å². The maximum Gasteiger partial charge on any atom is 0.321 e. The molecule has 1 unspecified atom stereocenters. The summed E-state index contributed by atoms with van der Waals surface area (Å²) in [6, 6.07) is -1.25. The Hall–Kier alpha value is -0.710. The molecule has 0 aliphatic carbocycles. The molecule has 0 aromatic heterocycles. The van der Waals surface area contributed by atoms with Crippen LogP contribution in [0.4, 0.5) is 0 Å². The van der Waals surface area contributed by atoms with Crippen LogP contribution in [0, 0.1) is 0 Å². The number of nitrogens with one attached hydrogen (secondary N) is 2. The first-order valence-electron chi connectivity index (χ1n) is 4.80. The number of carboxylic acids is 1. The van der Waals surface area contributed by atoms with Gasteiger partial charge in [0.1, 0.15) is 6.04 Å². The Morgan fingerprint density at radius 1 is 1.24 bits per heavy atom. The van der Waals surface area contributed by atoms with Gasteiger partial charge in [0.05, 0.1) is 11.5 Å². The van der Waals surface area contributed by atoms with Crippen molar-refractivity contribution < 1.29 is 26.7 Å². The molecule has 0 fully saturated rings. The number of hydrogen-bond donors (Lipinski definition) is 3. The lowest BCUT2D eigenvalue weighted by atomic mass is 10.4. The number of rotatable bonds is 8. The molecule has 1 atom stereocenters. The Morgan fingerprint density at radius 3 is 2.18 bits per heavy atom. The Bertz CT molecular complexity index is 455. The van der Waals surface area contributed by atoms with Crippen molar-refractivity contribution in [3.05, 3.63) is 0 Å². The summed E-state index contributed by atoms with van der Waals surface area (Å²) in [6.07, 6.45) is 0. The molecule has 3 N–H and O–H groups in total. The smallest absolute Gasteiger partial charge is 0.321 e. The molecule has 0 saturated heterocycles. The number of sulfonamides is 2. The van der Waals surface area contributed by atoms with Gasteiger partial charge in [-0.2, -0.15) is 0 Å². The summed E-state index contributed by atoms with van der Waals surface area (Å²) in [5, 5.41) is 8.50. The average molecular weight is 288 g/mol. The van der Waals surface area contributed by atoms with Crippen LogP contribution < -0.4 is 9.44 Å². The average Bonchev–Trinajstić information content (AvgIpc) is 2.16. The van der Waals surface area contributed by atoms with Crippen molar-refractivity contribution in [3.63, 3.8) is 0 Å². The van der Waals surface area contributed by atoms with E-state index in [1.165, 1.54) is 13.8 Å². The summed E-state index contributed by atoms with van der Waals surface area (Å²) in [7, 11) is -7.26. The van der Waals surface area contributed by atoms with E-state index < -0.39 is 37.8 Å². The second kappa shape index (κ2) is 6.28. The van der Waals surface area contributed by atoms with Crippen molar-refractivity contribution in [2.45, 2.75) is 19.9 Å². The Kier molecular flexibility index (Phi) is 6.02. The molecule has 0 bridgehead atoms. The normalized spacial score (nSPS) is 14.5. The molecule has 10 heteroatoms. The van der Waals surface area contributed by atoms with Gasteiger partial charge in [-0.15, -0.1) is 0 Å². The molecular formula is C7H16N2O6S2. The Balaban J connectivity index is 4.26. The molecular weight excluding hydrogens is 272 g/mol. The molecule has 0 radical (unpaired) electrons. The minimum absolute atomic E-state index is 0.147. The zero-order chi connectivity index (χ0) is 13.7. The van der Waals surface area contributed by atoms with Crippen molar-refractivity contribution in [3.8, 4) is 0 Å². The molecule has 0 aromatic rings. The molecule has 0 aliphatic heterocycles. The molecule has 0 saturated carbocycles. The minimum Gasteiger partial charge on any atom is -0.480 e. The molecule has 8 nitrogen and oxygen atoms in total. The lowest BCUT2D eigenvalue weighted by molar-refractivity contribution is -0.138. The summed E-state index contributed by atoms with van der Waals surface area (Å²) < 4.78 is 48.6. The van der Waals surface area contributed by atoms with Crippen LogP contribution in [0.3, 0.4) is 0 Å². The van der Waals surface area contributed by atoms with Crippen LogP contribution in [0.15, 0.2) is 0 Å². The van der Waals surface area contributed by atoms with Gasteiger partial charge in [0.2, 0.25) is 20.0 Å². The van der Waals surface area contributed by atoms with E-state index >= 15 is 0 Å². The highest BCUT2D eigenvalue weighted by Crippen LogP contribution is 1.90. The monoisotopic (exact) mass is 288 g/mol. The molecule has 17 heavy (non-hydrogen) atoms. The van der Waals surface area contributed by atoms with Gasteiger partial charge in [0.25, 0.3) is 0 Å². The van der Waals surface area contributed by atoms with Crippen LogP contribution in [-0.4, -0.2) is 52.0 Å².